The van der Waals surface area contributed by atoms with Crippen molar-refractivity contribution in [3.8, 4) is 11.5 Å². The van der Waals surface area contributed by atoms with Gasteiger partial charge in [0.05, 0.1) is 12.7 Å². The first-order valence-corrected chi connectivity index (χ1v) is 6.25. The van der Waals surface area contributed by atoms with Gasteiger partial charge in [-0.1, -0.05) is 0 Å². The number of rotatable bonds is 5. The number of aromatic nitrogens is 1. The number of carbonyl (C=O) groups is 1. The van der Waals surface area contributed by atoms with Crippen molar-refractivity contribution in [2.24, 2.45) is 0 Å². The number of carbonyl (C=O) groups excluding carboxylic acids is 1. The lowest BCUT2D eigenvalue weighted by molar-refractivity contribution is 0.0951. The zero-order valence-electron chi connectivity index (χ0n) is 11.2. The quantitative estimate of drug-likeness (QED) is 0.870. The van der Waals surface area contributed by atoms with Crippen molar-refractivity contribution in [2.45, 2.75) is 6.42 Å². The Balaban J connectivity index is 1.92. The number of phenolic OH excluding ortho intramolecular Hbond substituents is 1. The second-order valence-electron chi connectivity index (χ2n) is 4.24. The third-order valence-electron chi connectivity index (χ3n) is 2.90. The third-order valence-corrected chi connectivity index (χ3v) is 2.90. The summed E-state index contributed by atoms with van der Waals surface area (Å²) in [6.07, 6.45) is 4.14. The minimum atomic E-state index is -0.306. The summed E-state index contributed by atoms with van der Waals surface area (Å²) in [5, 5.41) is 12.5. The van der Waals surface area contributed by atoms with Crippen molar-refractivity contribution in [2.75, 3.05) is 13.7 Å². The number of nitrogens with zero attached hydrogens (tertiary/aromatic N) is 1. The van der Waals surface area contributed by atoms with Gasteiger partial charge >= 0.3 is 0 Å². The average Bonchev–Trinajstić information content (AvgIpc) is 2.48. The Morgan fingerprint density at radius 1 is 1.30 bits per heavy atom. The third kappa shape index (κ3) is 3.47. The van der Waals surface area contributed by atoms with Crippen LogP contribution in [0.1, 0.15) is 15.9 Å². The lowest BCUT2D eigenvalue weighted by Crippen LogP contribution is -2.25. The van der Waals surface area contributed by atoms with E-state index < -0.39 is 0 Å². The van der Waals surface area contributed by atoms with Gasteiger partial charge in [0.1, 0.15) is 11.5 Å². The van der Waals surface area contributed by atoms with Crippen LogP contribution in [0.15, 0.2) is 42.7 Å². The molecule has 5 nitrogen and oxygen atoms in total. The fraction of sp³-hybridized carbons (Fsp3) is 0.200. The zero-order valence-corrected chi connectivity index (χ0v) is 11.2. The number of aromatic hydroxyl groups is 1. The van der Waals surface area contributed by atoms with Gasteiger partial charge in [0, 0.05) is 25.0 Å². The number of ether oxygens (including phenoxy) is 1. The Hall–Kier alpha value is -2.56. The van der Waals surface area contributed by atoms with Gasteiger partial charge in [0.25, 0.3) is 5.91 Å². The molecule has 0 bridgehead atoms. The highest BCUT2D eigenvalue weighted by atomic mass is 16.5. The number of phenols is 1. The molecular weight excluding hydrogens is 256 g/mol. The van der Waals surface area contributed by atoms with Gasteiger partial charge in [-0.05, 0) is 36.2 Å². The first-order chi connectivity index (χ1) is 9.70. The second kappa shape index (κ2) is 6.56. The molecule has 1 heterocycles. The minimum Gasteiger partial charge on any atom is -0.507 e. The fourth-order valence-electron chi connectivity index (χ4n) is 1.80. The summed E-state index contributed by atoms with van der Waals surface area (Å²) in [5.74, 6) is 0.112. The molecule has 104 valence electrons. The first kappa shape index (κ1) is 13.9. The van der Waals surface area contributed by atoms with E-state index in [1.807, 2.05) is 12.1 Å². The number of methoxy groups -OCH3 is 1. The minimum absolute atomic E-state index is 0.0919. The summed E-state index contributed by atoms with van der Waals surface area (Å²) in [6.45, 7) is 0.494. The molecule has 0 fully saturated rings. The maximum atomic E-state index is 11.9. The Morgan fingerprint density at radius 2 is 2.05 bits per heavy atom. The Labute approximate surface area is 117 Å². The molecule has 0 aliphatic carbocycles. The van der Waals surface area contributed by atoms with Gasteiger partial charge in [0.2, 0.25) is 0 Å². The summed E-state index contributed by atoms with van der Waals surface area (Å²) in [6, 6.07) is 8.39. The van der Waals surface area contributed by atoms with E-state index in [1.165, 1.54) is 19.2 Å². The molecule has 0 aliphatic rings. The summed E-state index contributed by atoms with van der Waals surface area (Å²) in [5.41, 5.74) is 1.33. The molecule has 2 N–H and O–H groups in total. The van der Waals surface area contributed by atoms with Crippen molar-refractivity contribution < 1.29 is 14.6 Å². The van der Waals surface area contributed by atoms with Crippen LogP contribution in [0.3, 0.4) is 0 Å². The van der Waals surface area contributed by atoms with E-state index in [0.29, 0.717) is 18.7 Å². The van der Waals surface area contributed by atoms with E-state index in [1.54, 1.807) is 18.5 Å². The Morgan fingerprint density at radius 3 is 2.70 bits per heavy atom. The molecule has 5 heteroatoms. The molecule has 0 radical (unpaired) electrons. The number of pyridine rings is 1. The second-order valence-corrected chi connectivity index (χ2v) is 4.24. The molecule has 20 heavy (non-hydrogen) atoms. The van der Waals surface area contributed by atoms with E-state index in [9.17, 15) is 9.90 Å². The van der Waals surface area contributed by atoms with Gasteiger partial charge in [0.15, 0.2) is 0 Å². The van der Waals surface area contributed by atoms with Crippen molar-refractivity contribution in [1.29, 1.82) is 0 Å². The molecule has 0 aliphatic heterocycles. The van der Waals surface area contributed by atoms with Gasteiger partial charge in [-0.2, -0.15) is 0 Å². The SMILES string of the molecule is COc1ccc(C(=O)NCCc2ccncc2)c(O)c1. The van der Waals surface area contributed by atoms with Crippen LogP contribution < -0.4 is 10.1 Å². The first-order valence-electron chi connectivity index (χ1n) is 6.25. The summed E-state index contributed by atoms with van der Waals surface area (Å²) in [4.78, 5) is 15.9. The molecule has 0 saturated heterocycles. The van der Waals surface area contributed by atoms with Crippen LogP contribution in [0.5, 0.6) is 11.5 Å². The van der Waals surface area contributed by atoms with Crippen molar-refractivity contribution in [1.82, 2.24) is 10.3 Å². The average molecular weight is 272 g/mol. The topological polar surface area (TPSA) is 71.5 Å². The highest BCUT2D eigenvalue weighted by Gasteiger charge is 2.11. The number of nitrogens with one attached hydrogen (secondary N) is 1. The van der Waals surface area contributed by atoms with E-state index in [4.69, 9.17) is 4.74 Å². The molecule has 2 aromatic rings. The van der Waals surface area contributed by atoms with E-state index in [0.717, 1.165) is 5.56 Å². The van der Waals surface area contributed by atoms with Gasteiger partial charge in [-0.3, -0.25) is 9.78 Å². The van der Waals surface area contributed by atoms with Gasteiger partial charge in [-0.15, -0.1) is 0 Å². The zero-order chi connectivity index (χ0) is 14.4. The van der Waals surface area contributed by atoms with Gasteiger partial charge in [-0.25, -0.2) is 0 Å². The predicted octanol–water partition coefficient (Wildman–Crippen LogP) is 1.77. The van der Waals surface area contributed by atoms with Crippen LogP contribution in [0.4, 0.5) is 0 Å². The Bertz CT molecular complexity index is 585. The summed E-state index contributed by atoms with van der Waals surface area (Å²) >= 11 is 0. The van der Waals surface area contributed by atoms with E-state index in [-0.39, 0.29) is 17.2 Å². The lowest BCUT2D eigenvalue weighted by Gasteiger charge is -2.08. The maximum absolute atomic E-state index is 11.9. The smallest absolute Gasteiger partial charge is 0.255 e. The molecule has 0 unspecified atom stereocenters. The monoisotopic (exact) mass is 272 g/mol. The summed E-state index contributed by atoms with van der Waals surface area (Å²) in [7, 11) is 1.50. The number of hydrogen-bond donors (Lipinski definition) is 2. The number of benzene rings is 1. The molecular formula is C15H16N2O3. The van der Waals surface area contributed by atoms with Crippen molar-refractivity contribution in [3.63, 3.8) is 0 Å². The molecule has 2 rings (SSSR count). The van der Waals surface area contributed by atoms with E-state index in [2.05, 4.69) is 10.3 Å². The van der Waals surface area contributed by atoms with E-state index >= 15 is 0 Å². The van der Waals surface area contributed by atoms with Crippen LogP contribution in [0, 0.1) is 0 Å². The van der Waals surface area contributed by atoms with Crippen LogP contribution in [0.2, 0.25) is 0 Å². The molecule has 1 amide bonds. The normalized spacial score (nSPS) is 10.1. The molecule has 0 atom stereocenters. The number of hydrogen-bond acceptors (Lipinski definition) is 4. The maximum Gasteiger partial charge on any atom is 0.255 e. The van der Waals surface area contributed by atoms with Gasteiger partial charge < -0.3 is 15.2 Å². The van der Waals surface area contributed by atoms with Crippen LogP contribution in [0.25, 0.3) is 0 Å². The predicted molar refractivity (Wildman–Crippen MR) is 74.9 cm³/mol. The van der Waals surface area contributed by atoms with Crippen molar-refractivity contribution >= 4 is 5.91 Å². The Kier molecular flexibility index (Phi) is 4.55. The molecule has 0 spiro atoms. The highest BCUT2D eigenvalue weighted by Crippen LogP contribution is 2.23. The molecule has 1 aromatic heterocycles. The fourth-order valence-corrected chi connectivity index (χ4v) is 1.80. The number of amides is 1. The lowest BCUT2D eigenvalue weighted by atomic mass is 10.1. The van der Waals surface area contributed by atoms with Crippen LogP contribution >= 0.6 is 0 Å². The summed E-state index contributed by atoms with van der Waals surface area (Å²) < 4.78 is 4.97. The molecule has 1 aromatic carbocycles. The van der Waals surface area contributed by atoms with Crippen molar-refractivity contribution in [3.05, 3.63) is 53.9 Å². The van der Waals surface area contributed by atoms with Crippen LogP contribution in [-0.2, 0) is 6.42 Å². The van der Waals surface area contributed by atoms with Crippen LogP contribution in [-0.4, -0.2) is 29.7 Å². The highest BCUT2D eigenvalue weighted by molar-refractivity contribution is 5.96. The largest absolute Gasteiger partial charge is 0.507 e. The standard InChI is InChI=1S/C15H16N2O3/c1-20-12-2-3-13(14(18)10-12)15(19)17-9-6-11-4-7-16-8-5-11/h2-5,7-8,10,18H,6,9H2,1H3,(H,17,19). The molecule has 0 saturated carbocycles.